The summed E-state index contributed by atoms with van der Waals surface area (Å²) in [5, 5.41) is 3.64. The van der Waals surface area contributed by atoms with E-state index in [1.165, 1.54) is 0 Å². The summed E-state index contributed by atoms with van der Waals surface area (Å²) in [6.45, 7) is 2.03. The summed E-state index contributed by atoms with van der Waals surface area (Å²) >= 11 is 6.38. The first-order valence-corrected chi connectivity index (χ1v) is 12.2. The lowest BCUT2D eigenvalue weighted by molar-refractivity contribution is -0.125. The molecule has 1 N–H and O–H groups in total. The van der Waals surface area contributed by atoms with Crippen molar-refractivity contribution >= 4 is 34.8 Å². The fourth-order valence-corrected chi connectivity index (χ4v) is 4.64. The number of halogens is 1. The Balaban J connectivity index is 1.47. The number of carbonyl (C=O) groups is 2. The SMILES string of the molecule is CC1Oc2ccc(NC(=O)C(c3ccccc3)c3ccccc3)cc2N(Cc2ccccc2Cl)C1=O. The van der Waals surface area contributed by atoms with Crippen LogP contribution in [0.5, 0.6) is 5.75 Å². The van der Waals surface area contributed by atoms with Gasteiger partial charge in [0.15, 0.2) is 6.10 Å². The molecule has 1 aliphatic heterocycles. The van der Waals surface area contributed by atoms with Crippen molar-refractivity contribution in [3.63, 3.8) is 0 Å². The zero-order valence-electron chi connectivity index (χ0n) is 19.7. The number of amides is 2. The van der Waals surface area contributed by atoms with Crippen LogP contribution in [0.3, 0.4) is 0 Å². The highest BCUT2D eigenvalue weighted by Crippen LogP contribution is 2.38. The van der Waals surface area contributed by atoms with E-state index in [1.807, 2.05) is 78.9 Å². The molecule has 1 unspecified atom stereocenters. The highest BCUT2D eigenvalue weighted by Gasteiger charge is 2.32. The van der Waals surface area contributed by atoms with E-state index >= 15 is 0 Å². The Morgan fingerprint density at radius 1 is 0.917 bits per heavy atom. The first-order chi connectivity index (χ1) is 17.5. The molecule has 0 bridgehead atoms. The van der Waals surface area contributed by atoms with Crippen molar-refractivity contribution in [1.29, 1.82) is 0 Å². The normalized spacial score (nSPS) is 14.8. The van der Waals surface area contributed by atoms with Gasteiger partial charge in [-0.2, -0.15) is 0 Å². The van der Waals surface area contributed by atoms with Crippen LogP contribution < -0.4 is 15.0 Å². The number of nitrogens with zero attached hydrogens (tertiary/aromatic N) is 1. The summed E-state index contributed by atoms with van der Waals surface area (Å²) in [7, 11) is 0. The Labute approximate surface area is 215 Å². The maximum Gasteiger partial charge on any atom is 0.268 e. The van der Waals surface area contributed by atoms with Gasteiger partial charge in [0.2, 0.25) is 5.91 Å². The Bertz CT molecular complexity index is 1350. The molecular weight excluding hydrogens is 472 g/mol. The molecule has 0 aliphatic carbocycles. The number of anilines is 2. The van der Waals surface area contributed by atoms with Crippen LogP contribution in [-0.2, 0) is 16.1 Å². The van der Waals surface area contributed by atoms with Crippen LogP contribution in [0, 0.1) is 0 Å². The minimum atomic E-state index is -0.624. The minimum Gasteiger partial charge on any atom is -0.479 e. The molecule has 180 valence electrons. The van der Waals surface area contributed by atoms with E-state index in [1.54, 1.807) is 36.1 Å². The van der Waals surface area contributed by atoms with Gasteiger partial charge in [0.25, 0.3) is 5.91 Å². The number of hydrogen-bond donors (Lipinski definition) is 1. The van der Waals surface area contributed by atoms with E-state index in [2.05, 4.69) is 5.32 Å². The second-order valence-corrected chi connectivity index (χ2v) is 9.11. The summed E-state index contributed by atoms with van der Waals surface area (Å²) in [5.74, 6) is -0.242. The number of rotatable bonds is 6. The minimum absolute atomic E-state index is 0.165. The van der Waals surface area contributed by atoms with Gasteiger partial charge < -0.3 is 15.0 Å². The summed E-state index contributed by atoms with van der Waals surface area (Å²) < 4.78 is 5.85. The predicted molar refractivity (Wildman–Crippen MR) is 143 cm³/mol. The van der Waals surface area contributed by atoms with Crippen molar-refractivity contribution in [2.75, 3.05) is 10.2 Å². The van der Waals surface area contributed by atoms with Crippen LogP contribution in [-0.4, -0.2) is 17.9 Å². The lowest BCUT2D eigenvalue weighted by Gasteiger charge is -2.33. The van der Waals surface area contributed by atoms with Gasteiger partial charge in [-0.1, -0.05) is 90.5 Å². The molecule has 0 fully saturated rings. The van der Waals surface area contributed by atoms with Gasteiger partial charge in [-0.05, 0) is 47.9 Å². The molecule has 6 heteroatoms. The third kappa shape index (κ3) is 4.83. The summed E-state index contributed by atoms with van der Waals surface area (Å²) in [4.78, 5) is 28.3. The number of nitrogens with one attached hydrogen (secondary N) is 1. The van der Waals surface area contributed by atoms with E-state index in [4.69, 9.17) is 16.3 Å². The van der Waals surface area contributed by atoms with Crippen LogP contribution in [0.2, 0.25) is 5.02 Å². The highest BCUT2D eigenvalue weighted by atomic mass is 35.5. The van der Waals surface area contributed by atoms with Crippen LogP contribution in [0.15, 0.2) is 103 Å². The molecular formula is C30H25ClN2O3. The molecule has 1 aliphatic rings. The number of carbonyl (C=O) groups excluding carboxylic acids is 2. The molecule has 1 heterocycles. The summed E-state index contributed by atoms with van der Waals surface area (Å²) in [6.07, 6.45) is -0.624. The average molecular weight is 497 g/mol. The zero-order valence-corrected chi connectivity index (χ0v) is 20.5. The van der Waals surface area contributed by atoms with Gasteiger partial charge >= 0.3 is 0 Å². The Morgan fingerprint density at radius 3 is 2.17 bits per heavy atom. The molecule has 2 amide bonds. The molecule has 0 saturated carbocycles. The van der Waals surface area contributed by atoms with E-state index in [0.29, 0.717) is 28.7 Å². The molecule has 0 aromatic heterocycles. The molecule has 0 saturated heterocycles. The third-order valence-electron chi connectivity index (χ3n) is 6.25. The van der Waals surface area contributed by atoms with Crippen LogP contribution in [0.25, 0.3) is 0 Å². The topological polar surface area (TPSA) is 58.6 Å². The van der Waals surface area contributed by atoms with Gasteiger partial charge in [0, 0.05) is 10.7 Å². The van der Waals surface area contributed by atoms with Gasteiger partial charge in [0.1, 0.15) is 5.75 Å². The van der Waals surface area contributed by atoms with Crippen LogP contribution >= 0.6 is 11.6 Å². The first-order valence-electron chi connectivity index (χ1n) is 11.8. The molecule has 5 nitrogen and oxygen atoms in total. The quantitative estimate of drug-likeness (QED) is 0.335. The molecule has 36 heavy (non-hydrogen) atoms. The predicted octanol–water partition coefficient (Wildman–Crippen LogP) is 6.42. The monoisotopic (exact) mass is 496 g/mol. The van der Waals surface area contributed by atoms with Gasteiger partial charge in [0.05, 0.1) is 18.2 Å². The molecule has 0 radical (unpaired) electrons. The maximum absolute atomic E-state index is 13.6. The fraction of sp³-hybridized carbons (Fsp3) is 0.133. The zero-order chi connectivity index (χ0) is 25.1. The molecule has 1 atom stereocenters. The second-order valence-electron chi connectivity index (χ2n) is 8.70. The first kappa shape index (κ1) is 23.6. The van der Waals surface area contributed by atoms with Crippen molar-refractivity contribution in [1.82, 2.24) is 0 Å². The number of ether oxygens (including phenoxy) is 1. The van der Waals surface area contributed by atoms with Gasteiger partial charge in [-0.25, -0.2) is 0 Å². The van der Waals surface area contributed by atoms with Crippen LogP contribution in [0.4, 0.5) is 11.4 Å². The van der Waals surface area contributed by atoms with E-state index in [-0.39, 0.29) is 11.8 Å². The fourth-order valence-electron chi connectivity index (χ4n) is 4.45. The average Bonchev–Trinajstić information content (AvgIpc) is 2.89. The van der Waals surface area contributed by atoms with Crippen molar-refractivity contribution < 1.29 is 14.3 Å². The third-order valence-corrected chi connectivity index (χ3v) is 6.62. The van der Waals surface area contributed by atoms with E-state index < -0.39 is 12.0 Å². The number of benzene rings is 4. The Kier molecular flexibility index (Phi) is 6.74. The summed E-state index contributed by atoms with van der Waals surface area (Å²) in [6, 6.07) is 32.1. The largest absolute Gasteiger partial charge is 0.479 e. The standard InChI is InChI=1S/C30H25ClN2O3/c1-20-30(35)33(19-23-14-8-9-15-25(23)31)26-18-24(16-17-27(26)36-20)32-29(34)28(21-10-4-2-5-11-21)22-12-6-3-7-13-22/h2-18,20,28H,19H2,1H3,(H,32,34). The van der Waals surface area contributed by atoms with Crippen molar-refractivity contribution in [2.24, 2.45) is 0 Å². The maximum atomic E-state index is 13.6. The number of hydrogen-bond acceptors (Lipinski definition) is 3. The van der Waals surface area contributed by atoms with Crippen molar-refractivity contribution in [3.05, 3.63) is 125 Å². The smallest absolute Gasteiger partial charge is 0.268 e. The second kappa shape index (κ2) is 10.3. The lowest BCUT2D eigenvalue weighted by Crippen LogP contribution is -2.44. The summed E-state index contributed by atoms with van der Waals surface area (Å²) in [5.41, 5.74) is 3.78. The lowest BCUT2D eigenvalue weighted by atomic mass is 9.90. The Morgan fingerprint density at radius 2 is 1.53 bits per heavy atom. The molecule has 4 aromatic carbocycles. The Hall–Kier alpha value is -4.09. The van der Waals surface area contributed by atoms with E-state index in [9.17, 15) is 9.59 Å². The van der Waals surface area contributed by atoms with Gasteiger partial charge in [-0.3, -0.25) is 9.59 Å². The number of fused-ring (bicyclic) bond motifs is 1. The van der Waals surface area contributed by atoms with Gasteiger partial charge in [-0.15, -0.1) is 0 Å². The highest BCUT2D eigenvalue weighted by molar-refractivity contribution is 6.31. The molecule has 5 rings (SSSR count). The molecule has 0 spiro atoms. The van der Waals surface area contributed by atoms with Crippen molar-refractivity contribution in [3.8, 4) is 5.75 Å². The van der Waals surface area contributed by atoms with E-state index in [0.717, 1.165) is 16.7 Å². The van der Waals surface area contributed by atoms with Crippen LogP contribution in [0.1, 0.15) is 29.5 Å². The van der Waals surface area contributed by atoms with Crippen molar-refractivity contribution in [2.45, 2.75) is 25.5 Å². The molecule has 4 aromatic rings.